The molecule has 5 heteroatoms. The van der Waals surface area contributed by atoms with Gasteiger partial charge in [-0.2, -0.15) is 10.1 Å². The average molecular weight is 283 g/mol. The van der Waals surface area contributed by atoms with Crippen molar-refractivity contribution in [2.24, 2.45) is 0 Å². The highest BCUT2D eigenvalue weighted by Crippen LogP contribution is 2.21. The topological polar surface area (TPSA) is 62.7 Å². The Balaban J connectivity index is 1.67. The molecule has 0 amide bonds. The molecular weight excluding hydrogens is 262 g/mol. The maximum absolute atomic E-state index is 4.50. The number of aryl methyl sites for hydroxylation is 1. The first-order valence-corrected chi connectivity index (χ1v) is 7.59. The highest BCUT2D eigenvalue weighted by Gasteiger charge is 2.14. The molecule has 1 saturated carbocycles. The van der Waals surface area contributed by atoms with Gasteiger partial charge in [0.25, 0.3) is 0 Å². The Labute approximate surface area is 125 Å². The quantitative estimate of drug-likeness (QED) is 0.896. The molecule has 1 heterocycles. The van der Waals surface area contributed by atoms with Crippen molar-refractivity contribution in [1.82, 2.24) is 15.2 Å². The van der Waals surface area contributed by atoms with Crippen molar-refractivity contribution in [1.29, 1.82) is 0 Å². The minimum atomic E-state index is 0.481. The number of aromatic nitrogens is 3. The van der Waals surface area contributed by atoms with Gasteiger partial charge in [-0.15, -0.1) is 5.10 Å². The monoisotopic (exact) mass is 283 g/mol. The molecule has 0 spiro atoms. The van der Waals surface area contributed by atoms with Gasteiger partial charge in [0, 0.05) is 11.7 Å². The third-order valence-electron chi connectivity index (χ3n) is 3.79. The molecule has 1 aliphatic carbocycles. The van der Waals surface area contributed by atoms with Crippen LogP contribution in [0.25, 0.3) is 0 Å². The zero-order valence-electron chi connectivity index (χ0n) is 12.3. The van der Waals surface area contributed by atoms with E-state index in [1.165, 1.54) is 37.7 Å². The molecule has 1 aliphatic rings. The van der Waals surface area contributed by atoms with Gasteiger partial charge in [-0.05, 0) is 37.5 Å². The van der Waals surface area contributed by atoms with Gasteiger partial charge < -0.3 is 10.6 Å². The van der Waals surface area contributed by atoms with Crippen molar-refractivity contribution >= 4 is 17.5 Å². The summed E-state index contributed by atoms with van der Waals surface area (Å²) in [5.74, 6) is 1.33. The highest BCUT2D eigenvalue weighted by atomic mass is 15.3. The van der Waals surface area contributed by atoms with Crippen LogP contribution in [0.4, 0.5) is 17.5 Å². The standard InChI is InChI=1S/C16H21N5/c1-12-6-5-9-14(10-12)18-15-11-17-21-16(20-15)19-13-7-3-2-4-8-13/h5-6,9-11,13H,2-4,7-8H2,1H3,(H2,18,19,20,21). The van der Waals surface area contributed by atoms with E-state index in [4.69, 9.17) is 0 Å². The van der Waals surface area contributed by atoms with E-state index in [0.717, 1.165) is 5.69 Å². The molecule has 0 bridgehead atoms. The van der Waals surface area contributed by atoms with Crippen molar-refractivity contribution < 1.29 is 0 Å². The van der Waals surface area contributed by atoms with Crippen molar-refractivity contribution in [3.05, 3.63) is 36.0 Å². The van der Waals surface area contributed by atoms with Gasteiger partial charge in [0.1, 0.15) is 0 Å². The van der Waals surface area contributed by atoms with Gasteiger partial charge in [-0.25, -0.2) is 0 Å². The average Bonchev–Trinajstić information content (AvgIpc) is 2.49. The van der Waals surface area contributed by atoms with Crippen LogP contribution in [-0.2, 0) is 0 Å². The van der Waals surface area contributed by atoms with Gasteiger partial charge in [0.2, 0.25) is 5.95 Å². The van der Waals surface area contributed by atoms with Gasteiger partial charge in [0.05, 0.1) is 6.20 Å². The second-order valence-electron chi connectivity index (χ2n) is 5.64. The lowest BCUT2D eigenvalue weighted by Gasteiger charge is -2.22. The molecule has 0 aliphatic heterocycles. The molecule has 21 heavy (non-hydrogen) atoms. The molecule has 1 aromatic heterocycles. The van der Waals surface area contributed by atoms with E-state index >= 15 is 0 Å². The Morgan fingerprint density at radius 1 is 1.14 bits per heavy atom. The summed E-state index contributed by atoms with van der Waals surface area (Å²) in [5, 5.41) is 14.8. The largest absolute Gasteiger partial charge is 0.350 e. The van der Waals surface area contributed by atoms with Gasteiger partial charge in [-0.3, -0.25) is 0 Å². The van der Waals surface area contributed by atoms with E-state index < -0.39 is 0 Å². The summed E-state index contributed by atoms with van der Waals surface area (Å²) in [5.41, 5.74) is 2.22. The normalized spacial score (nSPS) is 15.7. The third-order valence-corrected chi connectivity index (χ3v) is 3.79. The molecule has 2 aromatic rings. The fraction of sp³-hybridized carbons (Fsp3) is 0.438. The molecule has 0 saturated heterocycles. The summed E-state index contributed by atoms with van der Waals surface area (Å²) < 4.78 is 0. The van der Waals surface area contributed by atoms with E-state index in [1.807, 2.05) is 12.1 Å². The minimum Gasteiger partial charge on any atom is -0.350 e. The van der Waals surface area contributed by atoms with E-state index in [2.05, 4.69) is 44.9 Å². The SMILES string of the molecule is Cc1cccc(Nc2cnnc(NC3CCCCC3)n2)c1. The van der Waals surface area contributed by atoms with Crippen molar-refractivity contribution in [2.75, 3.05) is 10.6 Å². The fourth-order valence-corrected chi connectivity index (χ4v) is 2.73. The van der Waals surface area contributed by atoms with Crippen LogP contribution in [0.1, 0.15) is 37.7 Å². The number of benzene rings is 1. The molecule has 1 fully saturated rings. The summed E-state index contributed by atoms with van der Waals surface area (Å²) in [6.45, 7) is 2.07. The summed E-state index contributed by atoms with van der Waals surface area (Å²) in [6, 6.07) is 8.67. The first-order valence-electron chi connectivity index (χ1n) is 7.59. The van der Waals surface area contributed by atoms with E-state index in [9.17, 15) is 0 Å². The number of hydrogen-bond acceptors (Lipinski definition) is 5. The number of hydrogen-bond donors (Lipinski definition) is 2. The maximum atomic E-state index is 4.50. The molecule has 5 nitrogen and oxygen atoms in total. The summed E-state index contributed by atoms with van der Waals surface area (Å²) in [6.07, 6.45) is 7.94. The highest BCUT2D eigenvalue weighted by molar-refractivity contribution is 5.56. The second-order valence-corrected chi connectivity index (χ2v) is 5.64. The zero-order chi connectivity index (χ0) is 14.5. The van der Waals surface area contributed by atoms with E-state index in [1.54, 1.807) is 6.20 Å². The van der Waals surface area contributed by atoms with Crippen LogP contribution in [0.2, 0.25) is 0 Å². The number of rotatable bonds is 4. The Hall–Kier alpha value is -2.17. The number of anilines is 3. The van der Waals surface area contributed by atoms with Gasteiger partial charge >= 0.3 is 0 Å². The van der Waals surface area contributed by atoms with Crippen LogP contribution in [0.15, 0.2) is 30.5 Å². The Morgan fingerprint density at radius 2 is 2.00 bits per heavy atom. The summed E-state index contributed by atoms with van der Waals surface area (Å²) in [7, 11) is 0. The molecule has 0 radical (unpaired) electrons. The van der Waals surface area contributed by atoms with E-state index in [-0.39, 0.29) is 0 Å². The molecule has 0 atom stereocenters. The lowest BCUT2D eigenvalue weighted by Crippen LogP contribution is -2.23. The summed E-state index contributed by atoms with van der Waals surface area (Å²) in [4.78, 5) is 4.50. The fourth-order valence-electron chi connectivity index (χ4n) is 2.73. The first-order chi connectivity index (χ1) is 10.3. The number of nitrogens with zero attached hydrogens (tertiary/aromatic N) is 3. The lowest BCUT2D eigenvalue weighted by molar-refractivity contribution is 0.460. The molecule has 0 unspecified atom stereocenters. The Bertz CT molecular complexity index is 593. The lowest BCUT2D eigenvalue weighted by atomic mass is 9.96. The maximum Gasteiger partial charge on any atom is 0.244 e. The molecule has 1 aromatic carbocycles. The zero-order valence-corrected chi connectivity index (χ0v) is 12.3. The number of nitrogens with one attached hydrogen (secondary N) is 2. The minimum absolute atomic E-state index is 0.481. The van der Waals surface area contributed by atoms with Crippen LogP contribution in [0.5, 0.6) is 0 Å². The van der Waals surface area contributed by atoms with Crippen LogP contribution in [0, 0.1) is 6.92 Å². The second kappa shape index (κ2) is 6.52. The smallest absolute Gasteiger partial charge is 0.244 e. The molecule has 3 rings (SSSR count). The first kappa shape index (κ1) is 13.8. The van der Waals surface area contributed by atoms with Crippen molar-refractivity contribution in [3.63, 3.8) is 0 Å². The van der Waals surface area contributed by atoms with Crippen LogP contribution >= 0.6 is 0 Å². The van der Waals surface area contributed by atoms with Gasteiger partial charge in [-0.1, -0.05) is 31.4 Å². The van der Waals surface area contributed by atoms with Crippen molar-refractivity contribution in [2.45, 2.75) is 45.1 Å². The van der Waals surface area contributed by atoms with Crippen LogP contribution in [-0.4, -0.2) is 21.2 Å². The third kappa shape index (κ3) is 3.90. The van der Waals surface area contributed by atoms with E-state index in [0.29, 0.717) is 17.8 Å². The van der Waals surface area contributed by atoms with Gasteiger partial charge in [0.15, 0.2) is 5.82 Å². The molecule has 110 valence electrons. The van der Waals surface area contributed by atoms with Crippen LogP contribution < -0.4 is 10.6 Å². The Kier molecular flexibility index (Phi) is 4.28. The summed E-state index contributed by atoms with van der Waals surface area (Å²) >= 11 is 0. The molecule has 2 N–H and O–H groups in total. The predicted molar refractivity (Wildman–Crippen MR) is 84.8 cm³/mol. The van der Waals surface area contributed by atoms with Crippen LogP contribution in [0.3, 0.4) is 0 Å². The molecular formula is C16H21N5. The van der Waals surface area contributed by atoms with Crippen molar-refractivity contribution in [3.8, 4) is 0 Å². The Morgan fingerprint density at radius 3 is 2.81 bits per heavy atom. The predicted octanol–water partition coefficient (Wildman–Crippen LogP) is 3.67.